The van der Waals surface area contributed by atoms with Gasteiger partial charge in [-0.15, -0.1) is 0 Å². The molecule has 3 aromatic rings. The van der Waals surface area contributed by atoms with Crippen molar-refractivity contribution in [2.75, 3.05) is 11.1 Å². The van der Waals surface area contributed by atoms with Gasteiger partial charge in [-0.25, -0.2) is 9.97 Å². The highest BCUT2D eigenvalue weighted by atomic mass is 32.2. The van der Waals surface area contributed by atoms with Crippen LogP contribution in [0.2, 0.25) is 0 Å². The van der Waals surface area contributed by atoms with Crippen molar-refractivity contribution < 1.29 is 9.53 Å². The van der Waals surface area contributed by atoms with Crippen LogP contribution >= 0.6 is 11.8 Å². The summed E-state index contributed by atoms with van der Waals surface area (Å²) in [4.78, 5) is 22.3. The summed E-state index contributed by atoms with van der Waals surface area (Å²) in [6, 6.07) is 16.0. The van der Waals surface area contributed by atoms with Crippen LogP contribution < -0.4 is 5.32 Å². The van der Waals surface area contributed by atoms with Crippen molar-refractivity contribution >= 4 is 23.4 Å². The summed E-state index contributed by atoms with van der Waals surface area (Å²) in [6.45, 7) is 8.65. The van der Waals surface area contributed by atoms with Crippen molar-refractivity contribution in [1.82, 2.24) is 9.97 Å². The summed E-state index contributed by atoms with van der Waals surface area (Å²) in [7, 11) is 0. The first kappa shape index (κ1) is 21.5. The van der Waals surface area contributed by atoms with Crippen molar-refractivity contribution in [3.63, 3.8) is 0 Å². The highest BCUT2D eigenvalue weighted by Crippen LogP contribution is 2.34. The van der Waals surface area contributed by atoms with E-state index in [2.05, 4.69) is 38.2 Å². The van der Waals surface area contributed by atoms with Gasteiger partial charge in [-0.2, -0.15) is 0 Å². The Labute approximate surface area is 187 Å². The number of hydrogen-bond donors (Lipinski definition) is 1. The summed E-state index contributed by atoms with van der Waals surface area (Å²) in [5, 5.41) is 3.81. The molecule has 0 aliphatic carbocycles. The van der Waals surface area contributed by atoms with Gasteiger partial charge in [0.25, 0.3) is 0 Å². The lowest BCUT2D eigenvalue weighted by atomic mass is 9.96. The minimum Gasteiger partial charge on any atom is -0.370 e. The summed E-state index contributed by atoms with van der Waals surface area (Å²) in [5.74, 6) is 0.914. The Bertz CT molecular complexity index is 1130. The zero-order valence-corrected chi connectivity index (χ0v) is 19.2. The molecule has 1 amide bonds. The molecule has 31 heavy (non-hydrogen) atoms. The fraction of sp³-hybridized carbons (Fsp3) is 0.320. The van der Waals surface area contributed by atoms with Crippen LogP contribution in [0.15, 0.2) is 53.6 Å². The minimum atomic E-state index is -0.268. The predicted molar refractivity (Wildman–Crippen MR) is 125 cm³/mol. The lowest BCUT2D eigenvalue weighted by molar-refractivity contribution is -0.113. The van der Waals surface area contributed by atoms with E-state index in [0.29, 0.717) is 18.9 Å². The van der Waals surface area contributed by atoms with Crippen LogP contribution in [0.5, 0.6) is 0 Å². The Hall–Kier alpha value is -2.70. The second kappa shape index (κ2) is 8.81. The molecule has 5 nitrogen and oxygen atoms in total. The van der Waals surface area contributed by atoms with Gasteiger partial charge in [0, 0.05) is 23.2 Å². The van der Waals surface area contributed by atoms with Crippen molar-refractivity contribution in [2.24, 2.45) is 0 Å². The Morgan fingerprint density at radius 1 is 1.13 bits per heavy atom. The topological polar surface area (TPSA) is 64.1 Å². The summed E-state index contributed by atoms with van der Waals surface area (Å²) in [6.07, 6.45) is 0.715. The van der Waals surface area contributed by atoms with Crippen molar-refractivity contribution in [1.29, 1.82) is 0 Å². The summed E-state index contributed by atoms with van der Waals surface area (Å²) < 4.78 is 6.02. The fourth-order valence-electron chi connectivity index (χ4n) is 3.59. The molecule has 0 saturated heterocycles. The number of carbonyl (C=O) groups is 1. The Balaban J connectivity index is 1.61. The average Bonchev–Trinajstić information content (AvgIpc) is 2.72. The SMILES string of the molecule is Cc1cccc(-c2nc3c(c(SCC(=O)Nc4ccccc4C)n2)COC(C)(C)C3)c1. The zero-order chi connectivity index (χ0) is 22.0. The first-order valence-corrected chi connectivity index (χ1v) is 11.4. The molecule has 0 bridgehead atoms. The maximum Gasteiger partial charge on any atom is 0.234 e. The van der Waals surface area contributed by atoms with Crippen LogP contribution in [0, 0.1) is 13.8 Å². The molecule has 4 rings (SSSR count). The van der Waals surface area contributed by atoms with Gasteiger partial charge in [-0.1, -0.05) is 53.7 Å². The highest BCUT2D eigenvalue weighted by Gasteiger charge is 2.30. The van der Waals surface area contributed by atoms with Gasteiger partial charge in [0.05, 0.1) is 23.7 Å². The van der Waals surface area contributed by atoms with E-state index in [-0.39, 0.29) is 17.3 Å². The van der Waals surface area contributed by atoms with E-state index < -0.39 is 0 Å². The van der Waals surface area contributed by atoms with Crippen LogP contribution in [0.1, 0.15) is 36.2 Å². The van der Waals surface area contributed by atoms with E-state index in [4.69, 9.17) is 14.7 Å². The van der Waals surface area contributed by atoms with Crippen molar-refractivity contribution in [2.45, 2.75) is 51.3 Å². The average molecular weight is 434 g/mol. The fourth-order valence-corrected chi connectivity index (χ4v) is 4.43. The maximum absolute atomic E-state index is 12.6. The quantitative estimate of drug-likeness (QED) is 0.434. The number of aromatic nitrogens is 2. The second-order valence-electron chi connectivity index (χ2n) is 8.52. The number of nitrogens with zero attached hydrogens (tertiary/aromatic N) is 2. The first-order valence-electron chi connectivity index (χ1n) is 10.4. The standard InChI is InChI=1S/C25H27N3O2S/c1-16-8-7-10-18(12-16)23-27-21-13-25(3,4)30-14-19(21)24(28-23)31-15-22(29)26-20-11-6-5-9-17(20)2/h5-12H,13-15H2,1-4H3,(H,26,29). The van der Waals surface area contributed by atoms with E-state index in [1.54, 1.807) is 0 Å². The molecular weight excluding hydrogens is 406 g/mol. The summed E-state index contributed by atoms with van der Waals surface area (Å²) >= 11 is 1.44. The number of anilines is 1. The Morgan fingerprint density at radius 2 is 1.94 bits per heavy atom. The lowest BCUT2D eigenvalue weighted by Crippen LogP contribution is -2.33. The number of fused-ring (bicyclic) bond motifs is 1. The smallest absolute Gasteiger partial charge is 0.234 e. The number of nitrogens with one attached hydrogen (secondary N) is 1. The third-order valence-electron chi connectivity index (χ3n) is 5.29. The molecule has 0 atom stereocenters. The van der Waals surface area contributed by atoms with E-state index in [9.17, 15) is 4.79 Å². The molecule has 0 radical (unpaired) electrons. The predicted octanol–water partition coefficient (Wildman–Crippen LogP) is 5.34. The zero-order valence-electron chi connectivity index (χ0n) is 18.4. The Morgan fingerprint density at radius 3 is 2.71 bits per heavy atom. The van der Waals surface area contributed by atoms with Gasteiger partial charge in [0.15, 0.2) is 5.82 Å². The van der Waals surface area contributed by atoms with E-state index in [1.807, 2.05) is 43.3 Å². The normalized spacial score (nSPS) is 14.7. The van der Waals surface area contributed by atoms with Gasteiger partial charge in [-0.3, -0.25) is 4.79 Å². The maximum atomic E-state index is 12.6. The molecule has 160 valence electrons. The molecular formula is C25H27N3O2S. The molecule has 6 heteroatoms. The third-order valence-corrected chi connectivity index (χ3v) is 6.31. The van der Waals surface area contributed by atoms with E-state index in [1.165, 1.54) is 11.8 Å². The van der Waals surface area contributed by atoms with Gasteiger partial charge >= 0.3 is 0 Å². The molecule has 0 unspecified atom stereocenters. The van der Waals surface area contributed by atoms with E-state index >= 15 is 0 Å². The first-order chi connectivity index (χ1) is 14.8. The number of para-hydroxylation sites is 1. The number of rotatable bonds is 5. The minimum absolute atomic E-state index is 0.0548. The van der Waals surface area contributed by atoms with Crippen LogP contribution in [-0.4, -0.2) is 27.2 Å². The second-order valence-corrected chi connectivity index (χ2v) is 9.49. The number of aryl methyl sites for hydroxylation is 2. The summed E-state index contributed by atoms with van der Waals surface area (Å²) in [5.41, 5.74) is 5.75. The van der Waals surface area contributed by atoms with Crippen molar-refractivity contribution in [3.05, 3.63) is 70.9 Å². The van der Waals surface area contributed by atoms with Crippen LogP contribution in [0.25, 0.3) is 11.4 Å². The van der Waals surface area contributed by atoms with Crippen LogP contribution in [-0.2, 0) is 22.6 Å². The molecule has 1 aliphatic heterocycles. The lowest BCUT2D eigenvalue weighted by Gasteiger charge is -2.32. The number of thioether (sulfide) groups is 1. The molecule has 1 aromatic heterocycles. The van der Waals surface area contributed by atoms with Gasteiger partial charge < -0.3 is 10.1 Å². The molecule has 0 spiro atoms. The number of ether oxygens (including phenoxy) is 1. The monoisotopic (exact) mass is 433 g/mol. The van der Waals surface area contributed by atoms with Crippen LogP contribution in [0.3, 0.4) is 0 Å². The largest absolute Gasteiger partial charge is 0.370 e. The number of amides is 1. The molecule has 2 heterocycles. The van der Waals surface area contributed by atoms with Crippen LogP contribution in [0.4, 0.5) is 5.69 Å². The molecule has 0 fully saturated rings. The molecule has 1 N–H and O–H groups in total. The number of benzene rings is 2. The number of hydrogen-bond acceptors (Lipinski definition) is 5. The third kappa shape index (κ3) is 5.14. The Kier molecular flexibility index (Phi) is 6.12. The molecule has 0 saturated carbocycles. The van der Waals surface area contributed by atoms with Gasteiger partial charge in [0.1, 0.15) is 5.03 Å². The molecule has 1 aliphatic rings. The molecule has 2 aromatic carbocycles. The number of carbonyl (C=O) groups excluding carboxylic acids is 1. The van der Waals surface area contributed by atoms with Crippen molar-refractivity contribution in [3.8, 4) is 11.4 Å². The van der Waals surface area contributed by atoms with E-state index in [0.717, 1.165) is 38.7 Å². The van der Waals surface area contributed by atoms with Gasteiger partial charge in [-0.05, 0) is 45.4 Å². The van der Waals surface area contributed by atoms with Gasteiger partial charge in [0.2, 0.25) is 5.91 Å². The highest BCUT2D eigenvalue weighted by molar-refractivity contribution is 8.00.